The van der Waals surface area contributed by atoms with Gasteiger partial charge in [-0.25, -0.2) is 12.7 Å². The minimum Gasteiger partial charge on any atom is -0.490 e. The summed E-state index contributed by atoms with van der Waals surface area (Å²) in [6.45, 7) is 2.32. The van der Waals surface area contributed by atoms with Gasteiger partial charge in [0.25, 0.3) is 0 Å². The van der Waals surface area contributed by atoms with E-state index in [1.165, 1.54) is 0 Å². The van der Waals surface area contributed by atoms with Crippen LogP contribution in [0.15, 0.2) is 18.2 Å². The fourth-order valence-corrected chi connectivity index (χ4v) is 4.99. The quantitative estimate of drug-likeness (QED) is 0.796. The molecule has 0 amide bonds. The molecule has 2 fully saturated rings. The number of piperidine rings is 1. The van der Waals surface area contributed by atoms with Gasteiger partial charge < -0.3 is 10.1 Å². The van der Waals surface area contributed by atoms with E-state index in [9.17, 15) is 8.42 Å². The van der Waals surface area contributed by atoms with E-state index in [1.807, 2.05) is 0 Å². The van der Waals surface area contributed by atoms with Gasteiger partial charge in [0, 0.05) is 38.4 Å². The lowest BCUT2D eigenvalue weighted by Gasteiger charge is -2.32. The molecule has 2 aliphatic heterocycles. The van der Waals surface area contributed by atoms with Crippen molar-refractivity contribution in [2.24, 2.45) is 0 Å². The summed E-state index contributed by atoms with van der Waals surface area (Å²) in [6.07, 6.45) is 1.31. The topological polar surface area (TPSA) is 70.7 Å². The molecule has 2 N–H and O–H groups in total. The molecule has 3 rings (SSSR count). The van der Waals surface area contributed by atoms with Crippen LogP contribution < -0.4 is 15.4 Å². The Bertz CT molecular complexity index is 673. The van der Waals surface area contributed by atoms with Crippen molar-refractivity contribution >= 4 is 33.2 Å². The SMILES string of the molecule is O=S(=O)(C[C@H]1CNCN1)N1CCC(Oc2ccc(Cl)c(Cl)c2)CC1. The molecule has 0 spiro atoms. The first-order valence-electron chi connectivity index (χ1n) is 7.98. The molecule has 0 bridgehead atoms. The molecule has 24 heavy (non-hydrogen) atoms. The van der Waals surface area contributed by atoms with E-state index in [2.05, 4.69) is 10.6 Å². The number of rotatable bonds is 5. The Labute approximate surface area is 152 Å². The zero-order valence-electron chi connectivity index (χ0n) is 13.2. The molecule has 2 heterocycles. The fraction of sp³-hybridized carbons (Fsp3) is 0.600. The molecule has 0 unspecified atom stereocenters. The van der Waals surface area contributed by atoms with Gasteiger partial charge in [-0.1, -0.05) is 23.2 Å². The summed E-state index contributed by atoms with van der Waals surface area (Å²) in [5.41, 5.74) is 0. The summed E-state index contributed by atoms with van der Waals surface area (Å²) in [4.78, 5) is 0. The van der Waals surface area contributed by atoms with Crippen LogP contribution in [-0.4, -0.2) is 56.9 Å². The maximum atomic E-state index is 12.5. The second-order valence-corrected chi connectivity index (χ2v) is 8.93. The zero-order valence-corrected chi connectivity index (χ0v) is 15.5. The Kier molecular flexibility index (Phi) is 5.89. The molecule has 0 radical (unpaired) electrons. The van der Waals surface area contributed by atoms with Gasteiger partial charge >= 0.3 is 0 Å². The molecule has 2 aliphatic rings. The summed E-state index contributed by atoms with van der Waals surface area (Å²) in [7, 11) is -3.24. The van der Waals surface area contributed by atoms with Gasteiger partial charge in [-0.3, -0.25) is 5.32 Å². The van der Waals surface area contributed by atoms with Crippen LogP contribution in [0.1, 0.15) is 12.8 Å². The lowest BCUT2D eigenvalue weighted by molar-refractivity contribution is 0.135. The molecular weight excluding hydrogens is 373 g/mol. The van der Waals surface area contributed by atoms with Crippen molar-refractivity contribution in [2.75, 3.05) is 32.1 Å². The number of sulfonamides is 1. The van der Waals surface area contributed by atoms with Crippen molar-refractivity contribution in [1.29, 1.82) is 0 Å². The molecular formula is C15H21Cl2N3O3S. The maximum absolute atomic E-state index is 12.5. The Morgan fingerprint density at radius 3 is 2.58 bits per heavy atom. The molecule has 134 valence electrons. The molecule has 1 aromatic carbocycles. The molecule has 1 aromatic rings. The van der Waals surface area contributed by atoms with Gasteiger partial charge in [-0.15, -0.1) is 0 Å². The highest BCUT2D eigenvalue weighted by molar-refractivity contribution is 7.89. The summed E-state index contributed by atoms with van der Waals surface area (Å²) >= 11 is 11.9. The van der Waals surface area contributed by atoms with Crippen LogP contribution >= 0.6 is 23.2 Å². The number of ether oxygens (including phenoxy) is 1. The van der Waals surface area contributed by atoms with Crippen molar-refractivity contribution in [3.8, 4) is 5.75 Å². The zero-order chi connectivity index (χ0) is 17.2. The van der Waals surface area contributed by atoms with E-state index >= 15 is 0 Å². The standard InChI is InChI=1S/C15H21Cl2N3O3S/c16-14-2-1-13(7-15(14)17)23-12-3-5-20(6-4-12)24(21,22)9-11-8-18-10-19-11/h1-2,7,11-12,18-19H,3-6,8-10H2/t11-/m1/s1. The van der Waals surface area contributed by atoms with E-state index < -0.39 is 10.0 Å². The monoisotopic (exact) mass is 393 g/mol. The van der Waals surface area contributed by atoms with Crippen molar-refractivity contribution in [2.45, 2.75) is 25.0 Å². The third kappa shape index (κ3) is 4.53. The molecule has 1 atom stereocenters. The second kappa shape index (κ2) is 7.76. The average molecular weight is 394 g/mol. The van der Waals surface area contributed by atoms with E-state index in [0.717, 1.165) is 0 Å². The van der Waals surface area contributed by atoms with E-state index in [4.69, 9.17) is 27.9 Å². The van der Waals surface area contributed by atoms with E-state index in [-0.39, 0.29) is 17.9 Å². The smallest absolute Gasteiger partial charge is 0.215 e. The summed E-state index contributed by atoms with van der Waals surface area (Å²) < 4.78 is 32.4. The van der Waals surface area contributed by atoms with Crippen molar-refractivity contribution < 1.29 is 13.2 Å². The fourth-order valence-electron chi connectivity index (χ4n) is 2.98. The molecule has 6 nitrogen and oxygen atoms in total. The largest absolute Gasteiger partial charge is 0.490 e. The van der Waals surface area contributed by atoms with Crippen LogP contribution in [0.3, 0.4) is 0 Å². The van der Waals surface area contributed by atoms with E-state index in [1.54, 1.807) is 22.5 Å². The minimum atomic E-state index is -3.24. The predicted molar refractivity (Wildman–Crippen MR) is 95.3 cm³/mol. The first kappa shape index (κ1) is 18.2. The van der Waals surface area contributed by atoms with E-state index in [0.29, 0.717) is 54.9 Å². The Hall–Kier alpha value is -0.570. The number of hydrogen-bond acceptors (Lipinski definition) is 5. The first-order valence-corrected chi connectivity index (χ1v) is 10.3. The van der Waals surface area contributed by atoms with Gasteiger partial charge in [0.15, 0.2) is 0 Å². The number of nitrogens with zero attached hydrogens (tertiary/aromatic N) is 1. The van der Waals surface area contributed by atoms with Crippen molar-refractivity contribution in [3.63, 3.8) is 0 Å². The molecule has 2 saturated heterocycles. The first-order chi connectivity index (χ1) is 11.4. The van der Waals surface area contributed by atoms with Gasteiger partial charge in [0.05, 0.1) is 15.8 Å². The van der Waals surface area contributed by atoms with Gasteiger partial charge in [0.1, 0.15) is 11.9 Å². The minimum absolute atomic E-state index is 0.0137. The number of halogens is 2. The van der Waals surface area contributed by atoms with Crippen molar-refractivity contribution in [3.05, 3.63) is 28.2 Å². The maximum Gasteiger partial charge on any atom is 0.215 e. The lowest BCUT2D eigenvalue weighted by atomic mass is 10.1. The van der Waals surface area contributed by atoms with Gasteiger partial charge in [-0.05, 0) is 25.0 Å². The number of hydrogen-bond donors (Lipinski definition) is 2. The molecule has 0 aromatic heterocycles. The Balaban J connectivity index is 1.52. The third-order valence-corrected chi connectivity index (χ3v) is 7.02. The van der Waals surface area contributed by atoms with Crippen LogP contribution in [0.2, 0.25) is 10.0 Å². The average Bonchev–Trinajstić information content (AvgIpc) is 3.04. The third-order valence-electron chi connectivity index (χ3n) is 4.31. The number of benzene rings is 1. The van der Waals surface area contributed by atoms with Gasteiger partial charge in [0.2, 0.25) is 10.0 Å². The summed E-state index contributed by atoms with van der Waals surface area (Å²) in [5.74, 6) is 0.796. The highest BCUT2D eigenvalue weighted by Gasteiger charge is 2.31. The Morgan fingerprint density at radius 2 is 1.96 bits per heavy atom. The molecule has 0 saturated carbocycles. The second-order valence-electron chi connectivity index (χ2n) is 6.10. The predicted octanol–water partition coefficient (Wildman–Crippen LogP) is 1.69. The van der Waals surface area contributed by atoms with Crippen LogP contribution in [0.25, 0.3) is 0 Å². The molecule has 9 heteroatoms. The lowest BCUT2D eigenvalue weighted by Crippen LogP contribution is -2.46. The van der Waals surface area contributed by atoms with Crippen LogP contribution in [-0.2, 0) is 10.0 Å². The summed E-state index contributed by atoms with van der Waals surface area (Å²) in [5, 5.41) is 7.18. The highest BCUT2D eigenvalue weighted by Crippen LogP contribution is 2.28. The van der Waals surface area contributed by atoms with Crippen LogP contribution in [0.4, 0.5) is 0 Å². The van der Waals surface area contributed by atoms with Crippen molar-refractivity contribution in [1.82, 2.24) is 14.9 Å². The Morgan fingerprint density at radius 1 is 1.21 bits per heavy atom. The molecule has 0 aliphatic carbocycles. The number of nitrogens with one attached hydrogen (secondary N) is 2. The normalized spacial score (nSPS) is 23.5. The highest BCUT2D eigenvalue weighted by atomic mass is 35.5. The van der Waals surface area contributed by atoms with Gasteiger partial charge in [-0.2, -0.15) is 0 Å². The van der Waals surface area contributed by atoms with Crippen LogP contribution in [0, 0.1) is 0 Å². The summed E-state index contributed by atoms with van der Waals surface area (Å²) in [6, 6.07) is 5.14. The van der Waals surface area contributed by atoms with Crippen LogP contribution in [0.5, 0.6) is 5.75 Å².